The Morgan fingerprint density at radius 3 is 2.24 bits per heavy atom. The van der Waals surface area contributed by atoms with Crippen LogP contribution in [0.3, 0.4) is 0 Å². The maximum atomic E-state index is 13.4. The molecule has 0 heterocycles. The van der Waals surface area contributed by atoms with Crippen molar-refractivity contribution in [2.45, 2.75) is 40.3 Å². The van der Waals surface area contributed by atoms with Crippen LogP contribution < -0.4 is 9.62 Å². The number of benzene rings is 2. The van der Waals surface area contributed by atoms with E-state index >= 15 is 0 Å². The van der Waals surface area contributed by atoms with Crippen LogP contribution in [0.4, 0.5) is 5.69 Å². The van der Waals surface area contributed by atoms with E-state index in [1.54, 1.807) is 26.0 Å². The lowest BCUT2D eigenvalue weighted by molar-refractivity contribution is -0.139. The Morgan fingerprint density at radius 2 is 1.70 bits per heavy atom. The molecule has 0 radical (unpaired) electrons. The number of ketones is 1. The Kier molecular flexibility index (Phi) is 8.76. The number of amides is 2. The number of rotatable bonds is 10. The van der Waals surface area contributed by atoms with Gasteiger partial charge in [-0.05, 0) is 45.4 Å². The van der Waals surface area contributed by atoms with Crippen LogP contribution in [0.15, 0.2) is 48.5 Å². The molecule has 0 aliphatic rings. The van der Waals surface area contributed by atoms with E-state index in [9.17, 15) is 22.8 Å². The predicted molar refractivity (Wildman–Crippen MR) is 129 cm³/mol. The largest absolute Gasteiger partial charge is 0.355 e. The molecule has 1 atom stereocenters. The summed E-state index contributed by atoms with van der Waals surface area (Å²) in [6, 6.07) is 12.8. The van der Waals surface area contributed by atoms with E-state index in [-0.39, 0.29) is 23.9 Å². The number of hydrogen-bond donors (Lipinski definition) is 1. The zero-order valence-electron chi connectivity index (χ0n) is 19.7. The third-order valence-corrected chi connectivity index (χ3v) is 6.35. The Hall–Kier alpha value is -3.20. The van der Waals surface area contributed by atoms with Crippen LogP contribution in [0.5, 0.6) is 0 Å². The van der Waals surface area contributed by atoms with E-state index in [0.29, 0.717) is 12.1 Å². The number of carbonyl (C=O) groups excluding carboxylic acids is 3. The second-order valence-corrected chi connectivity index (χ2v) is 9.86. The normalized spacial score (nSPS) is 12.0. The quantitative estimate of drug-likeness (QED) is 0.534. The number of likely N-dealkylation sites (N-methyl/N-ethyl adjacent to an activating group) is 1. The minimum absolute atomic E-state index is 0.141. The molecule has 2 aromatic rings. The molecule has 1 N–H and O–H groups in total. The third-order valence-electron chi connectivity index (χ3n) is 5.21. The Balaban J connectivity index is 2.41. The Labute approximate surface area is 195 Å². The average Bonchev–Trinajstić information content (AvgIpc) is 2.75. The molecule has 0 fully saturated rings. The number of Topliss-reactive ketones (excluding diaryl/α,β-unsaturated/α-hetero) is 1. The molecule has 2 aromatic carbocycles. The maximum absolute atomic E-state index is 13.4. The third kappa shape index (κ3) is 7.15. The molecule has 0 aromatic heterocycles. The number of aryl methyl sites for hydroxylation is 1. The van der Waals surface area contributed by atoms with Gasteiger partial charge >= 0.3 is 0 Å². The highest BCUT2D eigenvalue weighted by Gasteiger charge is 2.30. The number of nitrogens with zero attached hydrogens (tertiary/aromatic N) is 2. The summed E-state index contributed by atoms with van der Waals surface area (Å²) >= 11 is 0. The highest BCUT2D eigenvalue weighted by Crippen LogP contribution is 2.21. The molecule has 0 aliphatic heterocycles. The molecule has 8 nitrogen and oxygen atoms in total. The minimum atomic E-state index is -3.85. The molecule has 0 aliphatic carbocycles. The summed E-state index contributed by atoms with van der Waals surface area (Å²) < 4.78 is 26.1. The highest BCUT2D eigenvalue weighted by atomic mass is 32.2. The van der Waals surface area contributed by atoms with Crippen molar-refractivity contribution in [3.63, 3.8) is 0 Å². The summed E-state index contributed by atoms with van der Waals surface area (Å²) in [5.74, 6) is -1.09. The number of anilines is 1. The smallest absolute Gasteiger partial charge is 0.244 e. The monoisotopic (exact) mass is 473 g/mol. The molecular weight excluding hydrogens is 442 g/mol. The van der Waals surface area contributed by atoms with Gasteiger partial charge in [-0.1, -0.05) is 42.0 Å². The van der Waals surface area contributed by atoms with Crippen molar-refractivity contribution in [1.29, 1.82) is 0 Å². The van der Waals surface area contributed by atoms with Crippen molar-refractivity contribution in [3.8, 4) is 0 Å². The van der Waals surface area contributed by atoms with Gasteiger partial charge in [0.1, 0.15) is 12.6 Å². The van der Waals surface area contributed by atoms with Crippen molar-refractivity contribution in [2.24, 2.45) is 0 Å². The van der Waals surface area contributed by atoms with Crippen LogP contribution >= 0.6 is 0 Å². The molecule has 9 heteroatoms. The lowest BCUT2D eigenvalue weighted by Crippen LogP contribution is -2.51. The summed E-state index contributed by atoms with van der Waals surface area (Å²) in [6.45, 7) is 6.76. The Morgan fingerprint density at radius 1 is 1.06 bits per heavy atom. The molecular formula is C24H31N3O5S. The van der Waals surface area contributed by atoms with Gasteiger partial charge < -0.3 is 10.2 Å². The summed E-state index contributed by atoms with van der Waals surface area (Å²) in [7, 11) is -3.85. The van der Waals surface area contributed by atoms with Crippen LogP contribution in [0, 0.1) is 6.92 Å². The van der Waals surface area contributed by atoms with Crippen molar-refractivity contribution >= 4 is 33.3 Å². The van der Waals surface area contributed by atoms with Crippen LogP contribution in [-0.2, 0) is 26.2 Å². The van der Waals surface area contributed by atoms with Gasteiger partial charge in [-0.25, -0.2) is 8.42 Å². The number of nitrogens with one attached hydrogen (secondary N) is 1. The van der Waals surface area contributed by atoms with Crippen molar-refractivity contribution in [1.82, 2.24) is 10.2 Å². The van der Waals surface area contributed by atoms with Crippen molar-refractivity contribution in [2.75, 3.05) is 23.7 Å². The highest BCUT2D eigenvalue weighted by molar-refractivity contribution is 7.92. The van der Waals surface area contributed by atoms with Gasteiger partial charge in [-0.3, -0.25) is 18.7 Å². The van der Waals surface area contributed by atoms with Crippen LogP contribution in [0.1, 0.15) is 42.3 Å². The Bertz CT molecular complexity index is 1110. The minimum Gasteiger partial charge on any atom is -0.355 e. The summed E-state index contributed by atoms with van der Waals surface area (Å²) in [5, 5.41) is 2.71. The first-order chi connectivity index (χ1) is 15.4. The van der Waals surface area contributed by atoms with Gasteiger partial charge in [-0.2, -0.15) is 0 Å². The topological polar surface area (TPSA) is 104 Å². The molecule has 0 saturated carbocycles. The first kappa shape index (κ1) is 26.1. The van der Waals surface area contributed by atoms with Crippen LogP contribution in [-0.4, -0.2) is 56.3 Å². The van der Waals surface area contributed by atoms with Crippen LogP contribution in [0.25, 0.3) is 0 Å². The lowest BCUT2D eigenvalue weighted by Gasteiger charge is -2.31. The second kappa shape index (κ2) is 11.1. The number of sulfonamides is 1. The van der Waals surface area contributed by atoms with Gasteiger partial charge in [0.2, 0.25) is 21.8 Å². The van der Waals surface area contributed by atoms with Gasteiger partial charge in [0.15, 0.2) is 5.78 Å². The van der Waals surface area contributed by atoms with E-state index in [2.05, 4.69) is 5.32 Å². The maximum Gasteiger partial charge on any atom is 0.244 e. The first-order valence-corrected chi connectivity index (χ1v) is 12.5. The van der Waals surface area contributed by atoms with Crippen molar-refractivity contribution in [3.05, 3.63) is 65.2 Å². The summed E-state index contributed by atoms with van der Waals surface area (Å²) in [5.41, 5.74) is 2.41. The molecule has 2 rings (SSSR count). The van der Waals surface area contributed by atoms with Crippen molar-refractivity contribution < 1.29 is 22.8 Å². The van der Waals surface area contributed by atoms with E-state index in [0.717, 1.165) is 21.7 Å². The fourth-order valence-electron chi connectivity index (χ4n) is 3.29. The lowest BCUT2D eigenvalue weighted by atomic mass is 10.1. The fraction of sp³-hybridized carbons (Fsp3) is 0.375. The zero-order valence-corrected chi connectivity index (χ0v) is 20.5. The molecule has 33 heavy (non-hydrogen) atoms. The van der Waals surface area contributed by atoms with Gasteiger partial charge in [0, 0.05) is 18.7 Å². The van der Waals surface area contributed by atoms with E-state index in [1.165, 1.54) is 24.0 Å². The van der Waals surface area contributed by atoms with E-state index < -0.39 is 28.5 Å². The second-order valence-electron chi connectivity index (χ2n) is 7.95. The molecule has 0 unspecified atom stereocenters. The molecule has 0 saturated heterocycles. The molecule has 0 spiro atoms. The summed E-state index contributed by atoms with van der Waals surface area (Å²) in [4.78, 5) is 39.0. The molecule has 0 bridgehead atoms. The van der Waals surface area contributed by atoms with Gasteiger partial charge in [0.25, 0.3) is 0 Å². The van der Waals surface area contributed by atoms with Gasteiger partial charge in [0.05, 0.1) is 11.9 Å². The number of carbonyl (C=O) groups is 3. The fourth-order valence-corrected chi connectivity index (χ4v) is 4.13. The van der Waals surface area contributed by atoms with Crippen LogP contribution in [0.2, 0.25) is 0 Å². The average molecular weight is 474 g/mol. The number of hydrogen-bond acceptors (Lipinski definition) is 5. The first-order valence-electron chi connectivity index (χ1n) is 10.7. The summed E-state index contributed by atoms with van der Waals surface area (Å²) in [6.07, 6.45) is 0.998. The SMILES string of the molecule is CCNC(=O)[C@H](C)N(Cc1ccc(C)cc1)C(=O)CN(c1cccc(C(C)=O)c1)S(C)(=O)=O. The standard InChI is InChI=1S/C24H31N3O5S/c1-6-25-24(30)18(3)26(15-20-12-10-17(2)11-13-20)23(29)16-27(33(5,31)32)22-9-7-8-21(14-22)19(4)28/h7-14,18H,6,15-16H2,1-5H3,(H,25,30)/t18-/m0/s1. The van der Waals surface area contributed by atoms with E-state index in [1.807, 2.05) is 31.2 Å². The zero-order chi connectivity index (χ0) is 24.8. The molecule has 2 amide bonds. The van der Waals surface area contributed by atoms with Gasteiger partial charge in [-0.15, -0.1) is 0 Å². The van der Waals surface area contributed by atoms with E-state index in [4.69, 9.17) is 0 Å². The predicted octanol–water partition coefficient (Wildman–Crippen LogP) is 2.52. The molecule has 178 valence electrons.